The molecule has 0 aliphatic heterocycles. The van der Waals surface area contributed by atoms with E-state index >= 15 is 0 Å². The highest BCUT2D eigenvalue weighted by molar-refractivity contribution is 7.71. The number of benzene rings is 1. The van der Waals surface area contributed by atoms with Crippen LogP contribution in [-0.4, -0.2) is 9.55 Å². The molecule has 0 bridgehead atoms. The summed E-state index contributed by atoms with van der Waals surface area (Å²) < 4.78 is 3.22. The Bertz CT molecular complexity index is 588. The molecule has 90 valence electrons. The van der Waals surface area contributed by atoms with Crippen molar-refractivity contribution in [3.63, 3.8) is 0 Å². The van der Waals surface area contributed by atoms with Gasteiger partial charge in [-0.3, -0.25) is 0 Å². The predicted molar refractivity (Wildman–Crippen MR) is 73.9 cm³/mol. The topological polar surface area (TPSA) is 20.7 Å². The van der Waals surface area contributed by atoms with Crippen LogP contribution in [0.2, 0.25) is 0 Å². The van der Waals surface area contributed by atoms with Gasteiger partial charge in [-0.15, -0.1) is 0 Å². The van der Waals surface area contributed by atoms with Crippen molar-refractivity contribution in [3.05, 3.63) is 29.0 Å². The van der Waals surface area contributed by atoms with Gasteiger partial charge >= 0.3 is 0 Å². The number of H-pyrrole nitrogens is 1. The summed E-state index contributed by atoms with van der Waals surface area (Å²) >= 11 is 5.51. The molecule has 2 aromatic rings. The third kappa shape index (κ3) is 1.73. The highest BCUT2D eigenvalue weighted by Gasteiger charge is 2.30. The highest BCUT2D eigenvalue weighted by atomic mass is 32.1. The number of imidazole rings is 1. The van der Waals surface area contributed by atoms with E-state index in [1.165, 1.54) is 37.6 Å². The van der Waals surface area contributed by atoms with E-state index in [0.29, 0.717) is 0 Å². The van der Waals surface area contributed by atoms with E-state index in [2.05, 4.69) is 40.7 Å². The van der Waals surface area contributed by atoms with Gasteiger partial charge in [0, 0.05) is 5.54 Å². The lowest BCUT2D eigenvalue weighted by Crippen LogP contribution is -2.32. The fourth-order valence-electron chi connectivity index (χ4n) is 3.13. The Morgan fingerprint density at radius 1 is 1.18 bits per heavy atom. The predicted octanol–water partition coefficient (Wildman–Crippen LogP) is 4.38. The molecule has 0 unspecified atom stereocenters. The van der Waals surface area contributed by atoms with Crippen LogP contribution < -0.4 is 0 Å². The van der Waals surface area contributed by atoms with Gasteiger partial charge in [0.15, 0.2) is 4.77 Å². The second-order valence-electron chi connectivity index (χ2n) is 5.34. The lowest BCUT2D eigenvalue weighted by molar-refractivity contribution is 0.222. The molecule has 17 heavy (non-hydrogen) atoms. The number of fused-ring (bicyclic) bond motifs is 1. The summed E-state index contributed by atoms with van der Waals surface area (Å²) in [5.41, 5.74) is 2.61. The Morgan fingerprint density at radius 3 is 2.65 bits per heavy atom. The largest absolute Gasteiger partial charge is 0.331 e. The first-order valence-corrected chi connectivity index (χ1v) is 6.82. The zero-order valence-electron chi connectivity index (χ0n) is 10.2. The van der Waals surface area contributed by atoms with E-state index in [4.69, 9.17) is 12.2 Å². The Hall–Kier alpha value is -1.09. The molecule has 0 saturated heterocycles. The summed E-state index contributed by atoms with van der Waals surface area (Å²) in [6, 6.07) is 8.42. The highest BCUT2D eigenvalue weighted by Crippen LogP contribution is 2.36. The van der Waals surface area contributed by atoms with Gasteiger partial charge in [0.2, 0.25) is 0 Å². The molecule has 1 aromatic carbocycles. The molecule has 1 heterocycles. The SMILES string of the molecule is CC1(n2c(=S)[nH]c3ccccc32)CCCCC1. The van der Waals surface area contributed by atoms with E-state index < -0.39 is 0 Å². The van der Waals surface area contributed by atoms with Crippen molar-refractivity contribution in [3.8, 4) is 0 Å². The van der Waals surface area contributed by atoms with Crippen molar-refractivity contribution in [2.45, 2.75) is 44.6 Å². The Labute approximate surface area is 107 Å². The molecule has 0 radical (unpaired) electrons. The number of aromatic nitrogens is 2. The maximum atomic E-state index is 5.51. The zero-order valence-corrected chi connectivity index (χ0v) is 11.0. The fourth-order valence-corrected chi connectivity index (χ4v) is 3.56. The summed E-state index contributed by atoms with van der Waals surface area (Å²) in [4.78, 5) is 3.33. The molecule has 1 saturated carbocycles. The molecule has 0 atom stereocenters. The normalized spacial score (nSPS) is 19.6. The zero-order chi connectivity index (χ0) is 11.9. The van der Waals surface area contributed by atoms with Gasteiger partial charge in [-0.25, -0.2) is 0 Å². The van der Waals surface area contributed by atoms with Gasteiger partial charge in [0.1, 0.15) is 0 Å². The van der Waals surface area contributed by atoms with E-state index in [-0.39, 0.29) is 5.54 Å². The van der Waals surface area contributed by atoms with E-state index in [1.807, 2.05) is 0 Å². The van der Waals surface area contributed by atoms with Crippen LogP contribution in [0.1, 0.15) is 39.0 Å². The minimum atomic E-state index is 0.203. The monoisotopic (exact) mass is 246 g/mol. The molecule has 0 spiro atoms. The van der Waals surface area contributed by atoms with Crippen molar-refractivity contribution < 1.29 is 0 Å². The summed E-state index contributed by atoms with van der Waals surface area (Å²) in [5, 5.41) is 0. The van der Waals surface area contributed by atoms with E-state index in [1.54, 1.807) is 0 Å². The summed E-state index contributed by atoms with van der Waals surface area (Å²) in [6.45, 7) is 2.35. The molecular formula is C14H18N2S. The van der Waals surface area contributed by atoms with Crippen LogP contribution in [0.5, 0.6) is 0 Å². The van der Waals surface area contributed by atoms with E-state index in [9.17, 15) is 0 Å². The quantitative estimate of drug-likeness (QED) is 0.741. The Kier molecular flexibility index (Phi) is 2.58. The molecule has 1 aliphatic rings. The van der Waals surface area contributed by atoms with Crippen LogP contribution >= 0.6 is 12.2 Å². The van der Waals surface area contributed by atoms with Crippen LogP contribution in [0.3, 0.4) is 0 Å². The van der Waals surface area contributed by atoms with Gasteiger partial charge in [-0.05, 0) is 44.1 Å². The standard InChI is InChI=1S/C14H18N2S/c1-14(9-5-2-6-10-14)16-12-8-4-3-7-11(12)15-13(16)17/h3-4,7-8H,2,5-6,9-10H2,1H3,(H,15,17). The first-order chi connectivity index (χ1) is 8.21. The van der Waals surface area contributed by atoms with Gasteiger partial charge in [-0.1, -0.05) is 31.4 Å². The smallest absolute Gasteiger partial charge is 0.178 e. The number of nitrogens with zero attached hydrogens (tertiary/aromatic N) is 1. The first kappa shape index (κ1) is 11.0. The molecule has 1 fully saturated rings. The number of rotatable bonds is 1. The number of hydrogen-bond donors (Lipinski definition) is 1. The van der Waals surface area contributed by atoms with Crippen molar-refractivity contribution in [2.75, 3.05) is 0 Å². The molecule has 2 nitrogen and oxygen atoms in total. The van der Waals surface area contributed by atoms with Crippen LogP contribution in [0.15, 0.2) is 24.3 Å². The number of hydrogen-bond acceptors (Lipinski definition) is 1. The molecule has 1 aliphatic carbocycles. The Balaban J connectivity index is 2.22. The summed E-state index contributed by atoms with van der Waals surface area (Å²) in [7, 11) is 0. The summed E-state index contributed by atoms with van der Waals surface area (Å²) in [5.74, 6) is 0. The lowest BCUT2D eigenvalue weighted by atomic mass is 9.83. The van der Waals surface area contributed by atoms with E-state index in [0.717, 1.165) is 10.3 Å². The minimum absolute atomic E-state index is 0.203. The van der Waals surface area contributed by atoms with Crippen LogP contribution in [0, 0.1) is 4.77 Å². The van der Waals surface area contributed by atoms with Gasteiger partial charge in [0.25, 0.3) is 0 Å². The third-order valence-electron chi connectivity index (χ3n) is 4.06. The van der Waals surface area contributed by atoms with Crippen LogP contribution in [0.4, 0.5) is 0 Å². The van der Waals surface area contributed by atoms with Gasteiger partial charge in [0.05, 0.1) is 11.0 Å². The van der Waals surface area contributed by atoms with Crippen LogP contribution in [0.25, 0.3) is 11.0 Å². The third-order valence-corrected chi connectivity index (χ3v) is 4.34. The second-order valence-corrected chi connectivity index (χ2v) is 5.73. The van der Waals surface area contributed by atoms with Crippen molar-refractivity contribution >= 4 is 23.3 Å². The number of para-hydroxylation sites is 2. The average Bonchev–Trinajstić information content (AvgIpc) is 2.66. The fraction of sp³-hybridized carbons (Fsp3) is 0.500. The minimum Gasteiger partial charge on any atom is -0.331 e. The molecular weight excluding hydrogens is 228 g/mol. The van der Waals surface area contributed by atoms with Crippen LogP contribution in [-0.2, 0) is 5.54 Å². The number of nitrogens with one attached hydrogen (secondary N) is 1. The Morgan fingerprint density at radius 2 is 1.88 bits per heavy atom. The molecule has 0 amide bonds. The maximum absolute atomic E-state index is 5.51. The van der Waals surface area contributed by atoms with Crippen molar-refractivity contribution in [1.82, 2.24) is 9.55 Å². The van der Waals surface area contributed by atoms with Crippen molar-refractivity contribution in [2.24, 2.45) is 0 Å². The second kappa shape index (κ2) is 3.98. The van der Waals surface area contributed by atoms with Gasteiger partial charge in [-0.2, -0.15) is 0 Å². The lowest BCUT2D eigenvalue weighted by Gasteiger charge is -2.35. The van der Waals surface area contributed by atoms with Crippen molar-refractivity contribution in [1.29, 1.82) is 0 Å². The molecule has 1 aromatic heterocycles. The number of aromatic amines is 1. The molecule has 3 heteroatoms. The average molecular weight is 246 g/mol. The molecule has 1 N–H and O–H groups in total. The maximum Gasteiger partial charge on any atom is 0.178 e. The first-order valence-electron chi connectivity index (χ1n) is 6.41. The molecule has 3 rings (SSSR count). The van der Waals surface area contributed by atoms with Gasteiger partial charge < -0.3 is 9.55 Å². The summed E-state index contributed by atoms with van der Waals surface area (Å²) in [6.07, 6.45) is 6.48.